The first-order chi connectivity index (χ1) is 22.3. The molecular weight excluding hydrogens is 757 g/mol. The van der Waals surface area contributed by atoms with Crippen LogP contribution in [0.2, 0.25) is 0 Å². The molecule has 0 amide bonds. The smallest absolute Gasteiger partial charge is 0.491 e. The molecule has 0 saturated heterocycles. The second-order valence-corrected chi connectivity index (χ2v) is 12.1. The molecule has 0 fully saturated rings. The van der Waals surface area contributed by atoms with Crippen LogP contribution in [0.15, 0.2) is 110 Å². The van der Waals surface area contributed by atoms with Crippen molar-refractivity contribution in [2.45, 2.75) is 46.5 Å². The maximum absolute atomic E-state index is 4.77. The molecule has 4 aromatic carbocycles. The molecule has 1 aliphatic rings. The molecule has 2 aromatic heterocycles. The van der Waals surface area contributed by atoms with Gasteiger partial charge in [0.2, 0.25) is 0 Å². The van der Waals surface area contributed by atoms with E-state index in [4.69, 9.17) is 4.98 Å². The van der Waals surface area contributed by atoms with Crippen LogP contribution in [0.25, 0.3) is 28.5 Å². The van der Waals surface area contributed by atoms with Crippen molar-refractivity contribution < 1.29 is 20.1 Å². The molecular formula is C40H39IrN6. The van der Waals surface area contributed by atoms with Gasteiger partial charge in [-0.1, -0.05) is 70.2 Å². The molecule has 0 radical (unpaired) electrons. The number of para-hydroxylation sites is 2. The normalized spacial score (nSPS) is 12.1. The van der Waals surface area contributed by atoms with E-state index in [0.29, 0.717) is 11.8 Å². The van der Waals surface area contributed by atoms with Crippen molar-refractivity contribution in [3.8, 4) is 28.5 Å². The van der Waals surface area contributed by atoms with Gasteiger partial charge in [-0.25, -0.2) is 9.97 Å². The summed E-state index contributed by atoms with van der Waals surface area (Å²) in [5.41, 5.74) is 9.17. The van der Waals surface area contributed by atoms with Crippen LogP contribution in [0.5, 0.6) is 0 Å². The standard InChI is InChI=1S/C21H23N2.C19H16N4.Ir/c1-15(2)18-11-8-12-19(16(3)4)20(18)23-14-13-22-21(23)17-9-6-5-7-10-17;1-14-8-6-7-11-16(14)18-20-12-17-19(21-18)22(2)13-23(17)15-9-4-3-5-10-15;/h5-9,11-16H,1-4H3;3-9,11-13H,1-2H3;/q-1;-2;+3. The van der Waals surface area contributed by atoms with E-state index in [1.54, 1.807) is 0 Å². The second kappa shape index (κ2) is 14.9. The molecule has 0 unspecified atom stereocenters. The summed E-state index contributed by atoms with van der Waals surface area (Å²) < 4.78 is 2.22. The average Bonchev–Trinajstić information content (AvgIpc) is 3.70. The molecule has 238 valence electrons. The van der Waals surface area contributed by atoms with Crippen molar-refractivity contribution in [3.63, 3.8) is 0 Å². The van der Waals surface area contributed by atoms with Crippen LogP contribution in [0.4, 0.5) is 17.2 Å². The zero-order valence-electron chi connectivity index (χ0n) is 27.6. The van der Waals surface area contributed by atoms with E-state index in [-0.39, 0.29) is 20.1 Å². The van der Waals surface area contributed by atoms with Gasteiger partial charge in [0, 0.05) is 23.6 Å². The van der Waals surface area contributed by atoms with Crippen LogP contribution in [0.1, 0.15) is 56.2 Å². The van der Waals surface area contributed by atoms with Crippen molar-refractivity contribution in [2.24, 2.45) is 0 Å². The van der Waals surface area contributed by atoms with Crippen molar-refractivity contribution >= 4 is 17.2 Å². The molecule has 47 heavy (non-hydrogen) atoms. The number of nitrogens with zero attached hydrogens (tertiary/aromatic N) is 6. The van der Waals surface area contributed by atoms with Crippen LogP contribution in [-0.2, 0) is 20.1 Å². The van der Waals surface area contributed by atoms with E-state index in [9.17, 15) is 0 Å². The maximum Gasteiger partial charge on any atom is 3.00 e. The van der Waals surface area contributed by atoms with E-state index in [1.165, 1.54) is 22.4 Å². The fourth-order valence-electron chi connectivity index (χ4n) is 5.77. The number of fused-ring (bicyclic) bond motifs is 1. The summed E-state index contributed by atoms with van der Waals surface area (Å²) in [6.45, 7) is 13.1. The summed E-state index contributed by atoms with van der Waals surface area (Å²) >= 11 is 0. The Morgan fingerprint density at radius 3 is 2.09 bits per heavy atom. The Hall–Kier alpha value is -4.58. The SMILES string of the molecule is CC(C)c1cccc(C(C)C)c1-n1ccnc1-c1[c-]cccc1.Cc1ccccc1-c1ncc2c(n1)N(C)[CH-]N2c1[c-]cccc1.[Ir+3]. The van der Waals surface area contributed by atoms with Crippen LogP contribution in [-0.4, -0.2) is 26.6 Å². The third-order valence-electron chi connectivity index (χ3n) is 8.14. The van der Waals surface area contributed by atoms with Gasteiger partial charge in [0.05, 0.1) is 17.7 Å². The third kappa shape index (κ3) is 7.07. The van der Waals surface area contributed by atoms with Crippen molar-refractivity contribution in [1.29, 1.82) is 0 Å². The van der Waals surface area contributed by atoms with Gasteiger partial charge >= 0.3 is 20.1 Å². The van der Waals surface area contributed by atoms with Crippen molar-refractivity contribution in [1.82, 2.24) is 19.5 Å². The Kier molecular flexibility index (Phi) is 10.7. The summed E-state index contributed by atoms with van der Waals surface area (Å²) in [5, 5.41) is 0. The minimum absolute atomic E-state index is 0. The first-order valence-corrected chi connectivity index (χ1v) is 15.7. The molecule has 0 saturated carbocycles. The quantitative estimate of drug-likeness (QED) is 0.157. The predicted molar refractivity (Wildman–Crippen MR) is 188 cm³/mol. The Morgan fingerprint density at radius 1 is 0.766 bits per heavy atom. The van der Waals surface area contributed by atoms with Gasteiger partial charge in [0.15, 0.2) is 5.82 Å². The zero-order valence-corrected chi connectivity index (χ0v) is 30.0. The Balaban J connectivity index is 0.000000181. The molecule has 6 nitrogen and oxygen atoms in total. The summed E-state index contributed by atoms with van der Waals surface area (Å²) in [4.78, 5) is 18.0. The van der Waals surface area contributed by atoms with Crippen LogP contribution in [0, 0.1) is 25.7 Å². The molecule has 0 spiro atoms. The van der Waals surface area contributed by atoms with E-state index < -0.39 is 0 Å². The number of aryl methyl sites for hydroxylation is 1. The van der Waals surface area contributed by atoms with Gasteiger partial charge in [-0.15, -0.1) is 41.6 Å². The Morgan fingerprint density at radius 2 is 1.45 bits per heavy atom. The summed E-state index contributed by atoms with van der Waals surface area (Å²) in [5.74, 6) is 3.51. The topological polar surface area (TPSA) is 50.1 Å². The van der Waals surface area contributed by atoms with Crippen LogP contribution in [0.3, 0.4) is 0 Å². The molecule has 0 N–H and O–H groups in total. The largest absolute Gasteiger partial charge is 3.00 e. The fourth-order valence-corrected chi connectivity index (χ4v) is 5.77. The molecule has 7 rings (SSSR count). The number of aromatic nitrogens is 4. The third-order valence-corrected chi connectivity index (χ3v) is 8.14. The molecule has 3 heterocycles. The zero-order chi connectivity index (χ0) is 32.2. The first kappa shape index (κ1) is 33.8. The molecule has 6 aromatic rings. The number of anilines is 3. The van der Waals surface area contributed by atoms with Crippen LogP contribution >= 0.6 is 0 Å². The van der Waals surface area contributed by atoms with Gasteiger partial charge in [0.25, 0.3) is 0 Å². The number of imidazole rings is 1. The van der Waals surface area contributed by atoms with E-state index in [0.717, 1.165) is 40.0 Å². The Bertz CT molecular complexity index is 1890. The summed E-state index contributed by atoms with van der Waals surface area (Å²) in [7, 11) is 2.00. The molecule has 7 heteroatoms. The van der Waals surface area contributed by atoms with E-state index >= 15 is 0 Å². The minimum atomic E-state index is 0. The number of hydrogen-bond donors (Lipinski definition) is 0. The second-order valence-electron chi connectivity index (χ2n) is 12.1. The van der Waals surface area contributed by atoms with Gasteiger partial charge in [-0.3, -0.25) is 4.98 Å². The molecule has 0 aliphatic carbocycles. The summed E-state index contributed by atoms with van der Waals surface area (Å²) in [6, 6.07) is 37.2. The van der Waals surface area contributed by atoms with E-state index in [2.05, 4.69) is 109 Å². The number of benzene rings is 4. The molecule has 0 atom stereocenters. The van der Waals surface area contributed by atoms with Gasteiger partial charge < -0.3 is 14.4 Å². The van der Waals surface area contributed by atoms with Crippen LogP contribution < -0.4 is 9.80 Å². The molecule has 0 bridgehead atoms. The average molecular weight is 796 g/mol. The first-order valence-electron chi connectivity index (χ1n) is 15.7. The number of hydrogen-bond acceptors (Lipinski definition) is 5. The van der Waals surface area contributed by atoms with Gasteiger partial charge in [0.1, 0.15) is 5.82 Å². The summed E-state index contributed by atoms with van der Waals surface area (Å²) in [6.07, 6.45) is 5.81. The minimum Gasteiger partial charge on any atom is -0.491 e. The van der Waals surface area contributed by atoms with Crippen molar-refractivity contribution in [3.05, 3.63) is 145 Å². The maximum atomic E-state index is 4.77. The predicted octanol–water partition coefficient (Wildman–Crippen LogP) is 9.54. The monoisotopic (exact) mass is 796 g/mol. The molecule has 1 aliphatic heterocycles. The number of rotatable bonds is 6. The fraction of sp³-hybridized carbons (Fsp3) is 0.200. The van der Waals surface area contributed by atoms with E-state index in [1.807, 2.05) is 85.6 Å². The van der Waals surface area contributed by atoms with Crippen molar-refractivity contribution in [2.75, 3.05) is 16.8 Å². The Labute approximate surface area is 292 Å². The van der Waals surface area contributed by atoms with Gasteiger partial charge in [-0.2, -0.15) is 37.0 Å². The van der Waals surface area contributed by atoms with Gasteiger partial charge in [-0.05, 0) is 42.5 Å².